The molecule has 0 fully saturated rings. The van der Waals surface area contributed by atoms with E-state index in [1.807, 2.05) is 12.1 Å². The van der Waals surface area contributed by atoms with Crippen LogP contribution in [0.1, 0.15) is 12.1 Å². The van der Waals surface area contributed by atoms with Crippen LogP contribution in [0.4, 0.5) is 5.88 Å². The van der Waals surface area contributed by atoms with Crippen LogP contribution in [0.15, 0.2) is 40.3 Å². The zero-order valence-corrected chi connectivity index (χ0v) is 16.1. The Labute approximate surface area is 159 Å². The van der Waals surface area contributed by atoms with E-state index in [4.69, 9.17) is 9.25 Å². The summed E-state index contributed by atoms with van der Waals surface area (Å²) in [4.78, 5) is 18.5. The summed E-state index contributed by atoms with van der Waals surface area (Å²) < 4.78 is 31.2. The van der Waals surface area contributed by atoms with Gasteiger partial charge in [0.25, 0.3) is 0 Å². The maximum Gasteiger partial charge on any atom is 0.241 e. The third-order valence-corrected chi connectivity index (χ3v) is 6.07. The van der Waals surface area contributed by atoms with Crippen molar-refractivity contribution in [3.63, 3.8) is 0 Å². The SMILES string of the molecule is CON=C1CCN(S(C)(=O)=O)c2oc(-c3cnc(-c4cccnc4)s3)nc21. The molecule has 0 amide bonds. The summed E-state index contributed by atoms with van der Waals surface area (Å²) in [5.41, 5.74) is 1.78. The molecule has 0 saturated carbocycles. The molecule has 0 aliphatic carbocycles. The summed E-state index contributed by atoms with van der Waals surface area (Å²) >= 11 is 1.38. The normalized spacial score (nSPS) is 15.8. The van der Waals surface area contributed by atoms with Gasteiger partial charge >= 0.3 is 0 Å². The quantitative estimate of drug-likeness (QED) is 0.613. The van der Waals surface area contributed by atoms with Crippen molar-refractivity contribution in [2.24, 2.45) is 5.16 Å². The molecule has 1 aliphatic rings. The fourth-order valence-corrected chi connectivity index (χ4v) is 4.39. The van der Waals surface area contributed by atoms with Crippen LogP contribution in [0, 0.1) is 0 Å². The monoisotopic (exact) mass is 405 g/mol. The van der Waals surface area contributed by atoms with E-state index >= 15 is 0 Å². The molecule has 4 heterocycles. The van der Waals surface area contributed by atoms with Crippen molar-refractivity contribution in [3.8, 4) is 21.3 Å². The molecule has 0 radical (unpaired) electrons. The summed E-state index contributed by atoms with van der Waals surface area (Å²) in [7, 11) is -2.07. The van der Waals surface area contributed by atoms with E-state index in [-0.39, 0.29) is 18.3 Å². The van der Waals surface area contributed by atoms with Crippen LogP contribution in [0.5, 0.6) is 0 Å². The fraction of sp³-hybridized carbons (Fsp3) is 0.250. The van der Waals surface area contributed by atoms with Crippen LogP contribution in [0.2, 0.25) is 0 Å². The van der Waals surface area contributed by atoms with E-state index in [1.165, 1.54) is 22.8 Å². The van der Waals surface area contributed by atoms with E-state index in [0.29, 0.717) is 22.7 Å². The van der Waals surface area contributed by atoms with Gasteiger partial charge in [0.1, 0.15) is 22.7 Å². The molecular weight excluding hydrogens is 390 g/mol. The predicted molar refractivity (Wildman–Crippen MR) is 101 cm³/mol. The van der Waals surface area contributed by atoms with Crippen LogP contribution < -0.4 is 4.31 Å². The van der Waals surface area contributed by atoms with Crippen molar-refractivity contribution in [2.45, 2.75) is 6.42 Å². The van der Waals surface area contributed by atoms with Gasteiger partial charge in [-0.1, -0.05) is 5.16 Å². The Morgan fingerprint density at radius 1 is 1.37 bits per heavy atom. The minimum absolute atomic E-state index is 0.144. The predicted octanol–water partition coefficient (Wildman–Crippen LogP) is 2.38. The van der Waals surface area contributed by atoms with Crippen molar-refractivity contribution in [1.82, 2.24) is 15.0 Å². The third-order valence-electron chi connectivity index (χ3n) is 3.89. The number of sulfonamides is 1. The van der Waals surface area contributed by atoms with E-state index in [1.54, 1.807) is 18.6 Å². The molecule has 0 atom stereocenters. The smallest absolute Gasteiger partial charge is 0.241 e. The number of hydrogen-bond acceptors (Lipinski definition) is 9. The number of oxazole rings is 1. The zero-order chi connectivity index (χ0) is 19.0. The first-order valence-electron chi connectivity index (χ1n) is 7.93. The minimum atomic E-state index is -3.50. The van der Waals surface area contributed by atoms with E-state index in [9.17, 15) is 8.42 Å². The molecule has 3 aromatic heterocycles. The maximum absolute atomic E-state index is 12.1. The molecule has 9 nitrogen and oxygen atoms in total. The Hall–Kier alpha value is -2.79. The molecule has 0 bridgehead atoms. The van der Waals surface area contributed by atoms with Gasteiger partial charge in [-0.3, -0.25) is 4.98 Å². The van der Waals surface area contributed by atoms with Crippen molar-refractivity contribution in [3.05, 3.63) is 36.4 Å². The number of fused-ring (bicyclic) bond motifs is 1. The van der Waals surface area contributed by atoms with E-state index < -0.39 is 10.0 Å². The number of thiazole rings is 1. The molecule has 140 valence electrons. The van der Waals surface area contributed by atoms with Gasteiger partial charge in [0.2, 0.25) is 21.8 Å². The number of aromatic nitrogens is 3. The largest absolute Gasteiger partial charge is 0.418 e. The number of oxime groups is 1. The van der Waals surface area contributed by atoms with Gasteiger partial charge in [-0.05, 0) is 12.1 Å². The highest BCUT2D eigenvalue weighted by Gasteiger charge is 2.34. The van der Waals surface area contributed by atoms with Gasteiger partial charge in [-0.25, -0.2) is 22.7 Å². The highest BCUT2D eigenvalue weighted by molar-refractivity contribution is 7.92. The summed E-state index contributed by atoms with van der Waals surface area (Å²) in [6.45, 7) is 0.215. The van der Waals surface area contributed by atoms with Crippen molar-refractivity contribution in [2.75, 3.05) is 24.2 Å². The summed E-state index contributed by atoms with van der Waals surface area (Å²) in [6.07, 6.45) is 6.56. The number of nitrogens with zero attached hydrogens (tertiary/aromatic N) is 5. The maximum atomic E-state index is 12.1. The van der Waals surface area contributed by atoms with Crippen molar-refractivity contribution >= 4 is 33.0 Å². The van der Waals surface area contributed by atoms with Crippen LogP contribution in [0.25, 0.3) is 21.3 Å². The molecular formula is C16H15N5O4S2. The first-order chi connectivity index (χ1) is 13.0. The van der Waals surface area contributed by atoms with Gasteiger partial charge in [-0.2, -0.15) is 0 Å². The summed E-state index contributed by atoms with van der Waals surface area (Å²) in [5, 5.41) is 4.72. The van der Waals surface area contributed by atoms with Gasteiger partial charge in [-0.15, -0.1) is 11.3 Å². The molecule has 0 unspecified atom stereocenters. The first-order valence-corrected chi connectivity index (χ1v) is 10.6. The van der Waals surface area contributed by atoms with Crippen LogP contribution in [0.3, 0.4) is 0 Å². The molecule has 0 N–H and O–H groups in total. The number of anilines is 1. The second-order valence-corrected chi connectivity index (χ2v) is 8.69. The summed E-state index contributed by atoms with van der Waals surface area (Å²) in [6, 6.07) is 3.74. The van der Waals surface area contributed by atoms with Crippen molar-refractivity contribution in [1.29, 1.82) is 0 Å². The third kappa shape index (κ3) is 3.30. The molecule has 0 aromatic carbocycles. The first kappa shape index (κ1) is 17.6. The molecule has 4 rings (SSSR count). The highest BCUT2D eigenvalue weighted by atomic mass is 32.2. The Morgan fingerprint density at radius 3 is 2.93 bits per heavy atom. The Morgan fingerprint density at radius 2 is 2.22 bits per heavy atom. The van der Waals surface area contributed by atoms with Crippen molar-refractivity contribution < 1.29 is 17.7 Å². The number of rotatable bonds is 4. The second kappa shape index (κ2) is 6.74. The lowest BCUT2D eigenvalue weighted by molar-refractivity contribution is 0.212. The molecule has 0 spiro atoms. The average molecular weight is 405 g/mol. The van der Waals surface area contributed by atoms with Gasteiger partial charge in [0, 0.05) is 30.9 Å². The Bertz CT molecular complexity index is 1110. The van der Waals surface area contributed by atoms with E-state index in [2.05, 4.69) is 20.1 Å². The standard InChI is InChI=1S/C16H15N5O4S2/c1-24-20-11-5-7-21(27(2,22)23)16-13(11)19-14(25-16)12-9-18-15(26-12)10-4-3-6-17-8-10/h3-4,6,8-9H,5,7H2,1-2H3. The van der Waals surface area contributed by atoms with Gasteiger partial charge in [0.15, 0.2) is 5.69 Å². The lowest BCUT2D eigenvalue weighted by atomic mass is 10.1. The Balaban J connectivity index is 1.78. The fourth-order valence-electron chi connectivity index (χ4n) is 2.71. The molecule has 27 heavy (non-hydrogen) atoms. The lowest BCUT2D eigenvalue weighted by Gasteiger charge is -2.24. The Kier molecular flexibility index (Phi) is 4.40. The van der Waals surface area contributed by atoms with Crippen LogP contribution in [-0.2, 0) is 14.9 Å². The lowest BCUT2D eigenvalue weighted by Crippen LogP contribution is -2.36. The summed E-state index contributed by atoms with van der Waals surface area (Å²) in [5.74, 6) is 0.429. The molecule has 0 saturated heterocycles. The molecule has 1 aliphatic heterocycles. The molecule has 3 aromatic rings. The topological polar surface area (TPSA) is 111 Å². The van der Waals surface area contributed by atoms with Gasteiger partial charge < -0.3 is 9.25 Å². The highest BCUT2D eigenvalue weighted by Crippen LogP contribution is 2.37. The van der Waals surface area contributed by atoms with Crippen LogP contribution in [-0.4, -0.2) is 49.0 Å². The number of hydrogen-bond donors (Lipinski definition) is 0. The van der Waals surface area contributed by atoms with Gasteiger partial charge in [0.05, 0.1) is 12.5 Å². The van der Waals surface area contributed by atoms with Crippen LogP contribution >= 0.6 is 11.3 Å². The second-order valence-electron chi connectivity index (χ2n) is 5.75. The van der Waals surface area contributed by atoms with E-state index in [0.717, 1.165) is 16.8 Å². The molecule has 11 heteroatoms. The zero-order valence-electron chi connectivity index (χ0n) is 14.5. The minimum Gasteiger partial charge on any atom is -0.418 e. The average Bonchev–Trinajstić information content (AvgIpc) is 3.29. The number of pyridine rings is 1.